The van der Waals surface area contributed by atoms with Crippen LogP contribution in [0.15, 0.2) is 85.1 Å². The van der Waals surface area contributed by atoms with Crippen molar-refractivity contribution in [2.45, 2.75) is 0 Å². The van der Waals surface area contributed by atoms with Gasteiger partial charge in [0.15, 0.2) is 0 Å². The fourth-order valence-electron chi connectivity index (χ4n) is 3.16. The lowest BCUT2D eigenvalue weighted by molar-refractivity contribution is 0.493. The molecule has 3 heteroatoms. The molecular weight excluding hydrogens is 308 g/mol. The van der Waals surface area contributed by atoms with E-state index < -0.39 is 0 Å². The molecule has 3 aromatic carbocycles. The van der Waals surface area contributed by atoms with Gasteiger partial charge in [-0.3, -0.25) is 4.98 Å². The summed E-state index contributed by atoms with van der Waals surface area (Å²) in [5.41, 5.74) is 2.76. The highest BCUT2D eigenvalue weighted by molar-refractivity contribution is 6.10. The minimum absolute atomic E-state index is 0.796. The minimum Gasteiger partial charge on any atom is -0.456 e. The van der Waals surface area contributed by atoms with Crippen LogP contribution in [0.2, 0.25) is 0 Å². The molecule has 0 bridgehead atoms. The van der Waals surface area contributed by atoms with Crippen molar-refractivity contribution in [1.29, 1.82) is 0 Å². The summed E-state index contributed by atoms with van der Waals surface area (Å²) in [5, 5.41) is 2.93. The molecule has 0 aliphatic rings. The largest absolute Gasteiger partial charge is 0.456 e. The van der Waals surface area contributed by atoms with Gasteiger partial charge in [-0.25, -0.2) is 4.98 Å². The van der Waals surface area contributed by atoms with Crippen molar-refractivity contribution in [3.05, 3.63) is 85.1 Å². The van der Waals surface area contributed by atoms with Crippen LogP contribution in [0, 0.1) is 0 Å². The fourth-order valence-corrected chi connectivity index (χ4v) is 3.16. The molecule has 0 fully saturated rings. The van der Waals surface area contributed by atoms with Gasteiger partial charge in [0, 0.05) is 17.0 Å². The Kier molecular flexibility index (Phi) is 3.10. The first-order chi connectivity index (χ1) is 12.4. The number of rotatable bonds is 2. The van der Waals surface area contributed by atoms with Gasteiger partial charge in [-0.05, 0) is 30.3 Å². The number of benzene rings is 3. The van der Waals surface area contributed by atoms with Crippen LogP contribution in [-0.4, -0.2) is 9.97 Å². The lowest BCUT2D eigenvalue weighted by atomic mass is 10.1. The maximum absolute atomic E-state index is 6.27. The Morgan fingerprint density at radius 1 is 0.600 bits per heavy atom. The Hall–Kier alpha value is -3.46. The molecule has 0 aliphatic carbocycles. The van der Waals surface area contributed by atoms with Crippen molar-refractivity contribution in [2.24, 2.45) is 0 Å². The van der Waals surface area contributed by atoms with E-state index in [0.29, 0.717) is 0 Å². The first-order valence-corrected chi connectivity index (χ1v) is 8.19. The number of para-hydroxylation sites is 3. The van der Waals surface area contributed by atoms with Crippen LogP contribution in [0.25, 0.3) is 32.7 Å². The number of aromatic nitrogens is 2. The average Bonchev–Trinajstić information content (AvgIpc) is 2.68. The molecule has 0 radical (unpaired) electrons. The average molecular weight is 322 g/mol. The molecular formula is C22H14N2O. The number of hydrogen-bond acceptors (Lipinski definition) is 3. The van der Waals surface area contributed by atoms with Crippen molar-refractivity contribution in [1.82, 2.24) is 9.97 Å². The zero-order chi connectivity index (χ0) is 16.6. The molecule has 2 heterocycles. The van der Waals surface area contributed by atoms with Crippen LogP contribution in [0.5, 0.6) is 11.5 Å². The van der Waals surface area contributed by atoms with Gasteiger partial charge in [-0.15, -0.1) is 0 Å². The summed E-state index contributed by atoms with van der Waals surface area (Å²) in [7, 11) is 0. The molecule has 0 atom stereocenters. The summed E-state index contributed by atoms with van der Waals surface area (Å²) in [5.74, 6) is 1.60. The predicted molar refractivity (Wildman–Crippen MR) is 101 cm³/mol. The second-order valence-electron chi connectivity index (χ2n) is 5.91. The molecule has 2 aromatic heterocycles. The molecule has 3 nitrogen and oxygen atoms in total. The van der Waals surface area contributed by atoms with Gasteiger partial charge < -0.3 is 4.74 Å². The van der Waals surface area contributed by atoms with E-state index in [0.717, 1.165) is 44.2 Å². The third kappa shape index (κ3) is 2.29. The summed E-state index contributed by atoms with van der Waals surface area (Å²) in [6, 6.07) is 25.9. The third-order valence-electron chi connectivity index (χ3n) is 4.34. The van der Waals surface area contributed by atoms with Crippen molar-refractivity contribution < 1.29 is 4.74 Å². The first-order valence-electron chi connectivity index (χ1n) is 8.19. The van der Waals surface area contributed by atoms with E-state index in [2.05, 4.69) is 11.1 Å². The summed E-state index contributed by atoms with van der Waals surface area (Å²) in [6.07, 6.45) is 1.86. The molecule has 0 aliphatic heterocycles. The standard InChI is InChI=1S/C22H14N2O/c1-2-8-15(9-3-1)25-22-17-11-5-7-13-20(17)24-21-16-10-4-6-12-19(16)23-14-18(21)22/h1-14H. The van der Waals surface area contributed by atoms with Gasteiger partial charge in [-0.1, -0.05) is 48.5 Å². The molecule has 5 rings (SSSR count). The van der Waals surface area contributed by atoms with Crippen LogP contribution in [0.3, 0.4) is 0 Å². The quantitative estimate of drug-likeness (QED) is 0.307. The molecule has 0 amide bonds. The topological polar surface area (TPSA) is 35.0 Å². The fraction of sp³-hybridized carbons (Fsp3) is 0. The van der Waals surface area contributed by atoms with Crippen LogP contribution in [0.1, 0.15) is 0 Å². The Morgan fingerprint density at radius 3 is 2.12 bits per heavy atom. The number of ether oxygens (including phenoxy) is 1. The zero-order valence-electron chi connectivity index (χ0n) is 13.4. The minimum atomic E-state index is 0.796. The van der Waals surface area contributed by atoms with E-state index in [1.54, 1.807) is 0 Å². The summed E-state index contributed by atoms with van der Waals surface area (Å²) < 4.78 is 6.27. The maximum Gasteiger partial charge on any atom is 0.147 e. The van der Waals surface area contributed by atoms with E-state index in [-0.39, 0.29) is 0 Å². The number of fused-ring (bicyclic) bond motifs is 4. The van der Waals surface area contributed by atoms with Crippen molar-refractivity contribution >= 4 is 32.7 Å². The Labute approximate surface area is 144 Å². The third-order valence-corrected chi connectivity index (χ3v) is 4.34. The number of pyridine rings is 2. The Balaban J connectivity index is 1.90. The van der Waals surface area contributed by atoms with Crippen LogP contribution < -0.4 is 4.74 Å². The normalized spacial score (nSPS) is 11.2. The highest BCUT2D eigenvalue weighted by Gasteiger charge is 2.13. The molecule has 0 saturated heterocycles. The summed E-state index contributed by atoms with van der Waals surface area (Å²) in [4.78, 5) is 9.49. The molecule has 118 valence electrons. The number of nitrogens with zero attached hydrogens (tertiary/aromatic N) is 2. The van der Waals surface area contributed by atoms with E-state index >= 15 is 0 Å². The van der Waals surface area contributed by atoms with Gasteiger partial charge in [0.1, 0.15) is 11.5 Å². The second-order valence-corrected chi connectivity index (χ2v) is 5.91. The zero-order valence-corrected chi connectivity index (χ0v) is 13.4. The van der Waals surface area contributed by atoms with Gasteiger partial charge >= 0.3 is 0 Å². The maximum atomic E-state index is 6.27. The van der Waals surface area contributed by atoms with Gasteiger partial charge in [0.05, 0.1) is 21.9 Å². The van der Waals surface area contributed by atoms with Gasteiger partial charge in [0.2, 0.25) is 0 Å². The van der Waals surface area contributed by atoms with E-state index in [4.69, 9.17) is 9.72 Å². The van der Waals surface area contributed by atoms with Gasteiger partial charge in [0.25, 0.3) is 0 Å². The summed E-state index contributed by atoms with van der Waals surface area (Å²) >= 11 is 0. The second kappa shape index (κ2) is 5.56. The molecule has 5 aromatic rings. The summed E-state index contributed by atoms with van der Waals surface area (Å²) in [6.45, 7) is 0. The highest BCUT2D eigenvalue weighted by atomic mass is 16.5. The highest BCUT2D eigenvalue weighted by Crippen LogP contribution is 2.37. The number of hydrogen-bond donors (Lipinski definition) is 0. The van der Waals surface area contributed by atoms with Crippen molar-refractivity contribution in [3.8, 4) is 11.5 Å². The lowest BCUT2D eigenvalue weighted by Gasteiger charge is -2.13. The van der Waals surface area contributed by atoms with Crippen molar-refractivity contribution in [2.75, 3.05) is 0 Å². The Bertz CT molecular complexity index is 1220. The monoisotopic (exact) mass is 322 g/mol. The SMILES string of the molecule is c1ccc(Oc2c3ccccc3nc3c2cnc2ccccc23)cc1. The van der Waals surface area contributed by atoms with Crippen LogP contribution in [0.4, 0.5) is 0 Å². The molecule has 25 heavy (non-hydrogen) atoms. The van der Waals surface area contributed by atoms with Gasteiger partial charge in [-0.2, -0.15) is 0 Å². The smallest absolute Gasteiger partial charge is 0.147 e. The van der Waals surface area contributed by atoms with Crippen LogP contribution in [-0.2, 0) is 0 Å². The van der Waals surface area contributed by atoms with E-state index in [1.165, 1.54) is 0 Å². The molecule has 0 spiro atoms. The molecule has 0 N–H and O–H groups in total. The van der Waals surface area contributed by atoms with E-state index in [1.807, 2.05) is 79.0 Å². The first kappa shape index (κ1) is 13.9. The van der Waals surface area contributed by atoms with Crippen molar-refractivity contribution in [3.63, 3.8) is 0 Å². The van der Waals surface area contributed by atoms with E-state index in [9.17, 15) is 0 Å². The lowest BCUT2D eigenvalue weighted by Crippen LogP contribution is -1.93. The predicted octanol–water partition coefficient (Wildman–Crippen LogP) is 5.73. The molecule has 0 saturated carbocycles. The van der Waals surface area contributed by atoms with Crippen LogP contribution >= 0.6 is 0 Å². The Morgan fingerprint density at radius 2 is 1.28 bits per heavy atom. The molecule has 0 unspecified atom stereocenters.